The van der Waals surface area contributed by atoms with Gasteiger partial charge in [-0.2, -0.15) is 8.42 Å². The van der Waals surface area contributed by atoms with Crippen LogP contribution < -0.4 is 10.9 Å². The molecule has 0 spiro atoms. The third-order valence-electron chi connectivity index (χ3n) is 5.51. The van der Waals surface area contributed by atoms with Crippen LogP contribution in [-0.2, 0) is 16.6 Å². The normalized spacial score (nSPS) is 17.1. The Labute approximate surface area is 197 Å². The smallest absolute Gasteiger partial charge is 0.285 e. The minimum atomic E-state index is -3.87. The largest absolute Gasteiger partial charge is 0.381 e. The maximum Gasteiger partial charge on any atom is 0.285 e. The molecule has 1 saturated heterocycles. The van der Waals surface area contributed by atoms with Gasteiger partial charge >= 0.3 is 0 Å². The molecule has 174 valence electrons. The van der Waals surface area contributed by atoms with Gasteiger partial charge in [0.2, 0.25) is 0 Å². The van der Waals surface area contributed by atoms with E-state index in [-0.39, 0.29) is 21.5 Å². The standard InChI is InChI=1S/C23H26ClN5O3S/c1-28(2)15-26-33(31,32)22-11-16(3-6-21(22)24)13-29-10-8-19(14-29)27-18-4-5-20-17(12-18)7-9-25-23(20)30/h3-7,9,11-12,15,19,27H,8,10,13-14H2,1-2H3,(H,25,30)/t19-/m0/s1. The highest BCUT2D eigenvalue weighted by atomic mass is 35.5. The number of pyridine rings is 1. The molecular formula is C23H26ClN5O3S. The van der Waals surface area contributed by atoms with Gasteiger partial charge in [0.1, 0.15) is 11.2 Å². The average molecular weight is 488 g/mol. The fourth-order valence-corrected chi connectivity index (χ4v) is 5.38. The van der Waals surface area contributed by atoms with Gasteiger partial charge in [-0.05, 0) is 53.8 Å². The van der Waals surface area contributed by atoms with Crippen LogP contribution in [0.3, 0.4) is 0 Å². The summed E-state index contributed by atoms with van der Waals surface area (Å²) in [7, 11) is -0.472. The monoisotopic (exact) mass is 487 g/mol. The van der Waals surface area contributed by atoms with Crippen molar-refractivity contribution in [3.63, 3.8) is 0 Å². The molecule has 2 aromatic carbocycles. The van der Waals surface area contributed by atoms with Gasteiger partial charge in [-0.3, -0.25) is 9.69 Å². The molecular weight excluding hydrogens is 462 g/mol. The Bertz CT molecular complexity index is 1350. The van der Waals surface area contributed by atoms with Crippen molar-refractivity contribution in [2.24, 2.45) is 4.40 Å². The number of likely N-dealkylation sites (tertiary alicyclic amines) is 1. The number of aromatic amines is 1. The van der Waals surface area contributed by atoms with Crippen molar-refractivity contribution in [1.29, 1.82) is 0 Å². The molecule has 1 aromatic heterocycles. The SMILES string of the molecule is CN(C)C=NS(=O)(=O)c1cc(CN2CC[C@H](Nc3ccc4c(=O)[nH]ccc4c3)C2)ccc1Cl. The van der Waals surface area contributed by atoms with E-state index >= 15 is 0 Å². The maximum atomic E-state index is 12.6. The number of nitrogens with one attached hydrogen (secondary N) is 2. The summed E-state index contributed by atoms with van der Waals surface area (Å²) in [5, 5.41) is 5.26. The van der Waals surface area contributed by atoms with E-state index in [1.165, 1.54) is 6.34 Å². The van der Waals surface area contributed by atoms with Crippen LogP contribution in [0.5, 0.6) is 0 Å². The first kappa shape index (κ1) is 23.3. The van der Waals surface area contributed by atoms with E-state index in [9.17, 15) is 13.2 Å². The lowest BCUT2D eigenvalue weighted by atomic mass is 10.1. The highest BCUT2D eigenvalue weighted by Crippen LogP contribution is 2.26. The van der Waals surface area contributed by atoms with Gasteiger partial charge in [0.15, 0.2) is 0 Å². The molecule has 4 rings (SSSR count). The Morgan fingerprint density at radius 2 is 2.06 bits per heavy atom. The lowest BCUT2D eigenvalue weighted by Gasteiger charge is -2.18. The Morgan fingerprint density at radius 1 is 1.24 bits per heavy atom. The summed E-state index contributed by atoms with van der Waals surface area (Å²) in [6, 6.07) is 12.9. The molecule has 1 fully saturated rings. The number of hydrogen-bond donors (Lipinski definition) is 2. The molecule has 1 aliphatic rings. The molecule has 3 aromatic rings. The Balaban J connectivity index is 1.43. The zero-order chi connectivity index (χ0) is 23.6. The van der Waals surface area contributed by atoms with Crippen LogP contribution in [-0.4, -0.2) is 62.8 Å². The highest BCUT2D eigenvalue weighted by molar-refractivity contribution is 7.90. The van der Waals surface area contributed by atoms with E-state index < -0.39 is 10.0 Å². The number of aromatic nitrogens is 1. The summed E-state index contributed by atoms with van der Waals surface area (Å²) < 4.78 is 28.8. The van der Waals surface area contributed by atoms with Crippen molar-refractivity contribution in [3.8, 4) is 0 Å². The second-order valence-electron chi connectivity index (χ2n) is 8.40. The van der Waals surface area contributed by atoms with Crippen LogP contribution in [0.4, 0.5) is 5.69 Å². The van der Waals surface area contributed by atoms with Gasteiger partial charge in [-0.1, -0.05) is 17.7 Å². The van der Waals surface area contributed by atoms with Gasteiger partial charge in [0.05, 0.1) is 5.02 Å². The number of sulfonamides is 1. The summed E-state index contributed by atoms with van der Waals surface area (Å²) in [6.07, 6.45) is 3.86. The molecule has 2 N–H and O–H groups in total. The third kappa shape index (κ3) is 5.55. The number of benzene rings is 2. The van der Waals surface area contributed by atoms with Crippen molar-refractivity contribution >= 4 is 44.4 Å². The van der Waals surface area contributed by atoms with Gasteiger partial charge < -0.3 is 15.2 Å². The summed E-state index contributed by atoms with van der Waals surface area (Å²) in [4.78, 5) is 18.4. The quantitative estimate of drug-likeness (QED) is 0.392. The zero-order valence-electron chi connectivity index (χ0n) is 18.5. The summed E-state index contributed by atoms with van der Waals surface area (Å²) in [5.41, 5.74) is 1.74. The van der Waals surface area contributed by atoms with E-state index in [1.54, 1.807) is 37.3 Å². The number of anilines is 1. The fraction of sp³-hybridized carbons (Fsp3) is 0.304. The number of fused-ring (bicyclic) bond motifs is 1. The molecule has 0 saturated carbocycles. The number of H-pyrrole nitrogens is 1. The molecule has 1 aliphatic heterocycles. The van der Waals surface area contributed by atoms with E-state index in [2.05, 4.69) is 19.6 Å². The predicted octanol–water partition coefficient (Wildman–Crippen LogP) is 3.15. The zero-order valence-corrected chi connectivity index (χ0v) is 20.0. The third-order valence-corrected chi connectivity index (χ3v) is 7.22. The first-order valence-corrected chi connectivity index (χ1v) is 12.4. The van der Waals surface area contributed by atoms with Crippen LogP contribution in [0.15, 0.2) is 62.7 Å². The number of halogens is 1. The molecule has 2 heterocycles. The number of rotatable bonds is 7. The van der Waals surface area contributed by atoms with Crippen LogP contribution >= 0.6 is 11.6 Å². The van der Waals surface area contributed by atoms with Crippen molar-refractivity contribution in [3.05, 3.63) is 69.6 Å². The van der Waals surface area contributed by atoms with Crippen molar-refractivity contribution in [2.45, 2.75) is 23.9 Å². The van der Waals surface area contributed by atoms with Crippen molar-refractivity contribution in [2.75, 3.05) is 32.5 Å². The maximum absolute atomic E-state index is 12.6. The lowest BCUT2D eigenvalue weighted by molar-refractivity contribution is 0.328. The predicted molar refractivity (Wildman–Crippen MR) is 133 cm³/mol. The van der Waals surface area contributed by atoms with Crippen LogP contribution in [0.1, 0.15) is 12.0 Å². The topological polar surface area (TPSA) is 97.9 Å². The minimum Gasteiger partial charge on any atom is -0.381 e. The van der Waals surface area contributed by atoms with E-state index in [0.29, 0.717) is 11.9 Å². The van der Waals surface area contributed by atoms with Crippen LogP contribution in [0, 0.1) is 0 Å². The lowest BCUT2D eigenvalue weighted by Crippen LogP contribution is -2.26. The highest BCUT2D eigenvalue weighted by Gasteiger charge is 2.24. The Hall–Kier alpha value is -2.88. The molecule has 10 heteroatoms. The molecule has 33 heavy (non-hydrogen) atoms. The van der Waals surface area contributed by atoms with Crippen molar-refractivity contribution in [1.82, 2.24) is 14.8 Å². The number of nitrogens with zero attached hydrogens (tertiary/aromatic N) is 3. The Morgan fingerprint density at radius 3 is 2.85 bits per heavy atom. The van der Waals surface area contributed by atoms with E-state index in [4.69, 9.17) is 11.6 Å². The molecule has 0 aliphatic carbocycles. The molecule has 0 radical (unpaired) electrons. The summed E-state index contributed by atoms with van der Waals surface area (Å²) in [5.74, 6) is 0. The summed E-state index contributed by atoms with van der Waals surface area (Å²) in [6.45, 7) is 2.31. The van der Waals surface area contributed by atoms with Crippen LogP contribution in [0.2, 0.25) is 5.02 Å². The van der Waals surface area contributed by atoms with Gasteiger partial charge in [0.25, 0.3) is 15.6 Å². The van der Waals surface area contributed by atoms with Gasteiger partial charge in [0, 0.05) is 57.0 Å². The van der Waals surface area contributed by atoms with Gasteiger partial charge in [-0.15, -0.1) is 4.40 Å². The first-order valence-electron chi connectivity index (χ1n) is 10.6. The number of hydrogen-bond acceptors (Lipinski definition) is 5. The van der Waals surface area contributed by atoms with E-state index in [0.717, 1.165) is 36.1 Å². The molecule has 0 bridgehead atoms. The Kier molecular flexibility index (Phi) is 6.73. The molecule has 0 unspecified atom stereocenters. The second-order valence-corrected chi connectivity index (χ2v) is 10.4. The molecule has 1 atom stereocenters. The second kappa shape index (κ2) is 9.54. The minimum absolute atomic E-state index is 0.0137. The summed E-state index contributed by atoms with van der Waals surface area (Å²) >= 11 is 6.17. The van der Waals surface area contributed by atoms with Crippen LogP contribution in [0.25, 0.3) is 10.8 Å². The van der Waals surface area contributed by atoms with Crippen molar-refractivity contribution < 1.29 is 8.42 Å². The van der Waals surface area contributed by atoms with E-state index in [1.807, 2.05) is 30.3 Å². The molecule has 8 nitrogen and oxygen atoms in total. The first-order chi connectivity index (χ1) is 15.7. The fourth-order valence-electron chi connectivity index (χ4n) is 3.93. The van der Waals surface area contributed by atoms with Gasteiger partial charge in [-0.25, -0.2) is 0 Å². The molecule has 0 amide bonds. The average Bonchev–Trinajstić information content (AvgIpc) is 3.20.